The lowest BCUT2D eigenvalue weighted by Gasteiger charge is -2.32. The molecule has 3 aliphatic carbocycles. The number of para-hydroxylation sites is 2. The third kappa shape index (κ3) is 4.27. The van der Waals surface area contributed by atoms with Crippen molar-refractivity contribution in [3.8, 4) is 44.5 Å². The minimum Gasteiger partial charge on any atom is -0.455 e. The fourth-order valence-electron chi connectivity index (χ4n) is 11.3. The Morgan fingerprint density at radius 1 is 0.383 bits per heavy atom. The van der Waals surface area contributed by atoms with Crippen LogP contribution in [0.2, 0.25) is 0 Å². The van der Waals surface area contributed by atoms with Crippen LogP contribution in [0, 0.1) is 0 Å². The molecule has 60 heavy (non-hydrogen) atoms. The highest BCUT2D eigenvalue weighted by atomic mass is 16.3. The minimum atomic E-state index is -0.433. The second kappa shape index (κ2) is 12.1. The molecule has 0 aliphatic heterocycles. The lowest BCUT2D eigenvalue weighted by molar-refractivity contribution is 0.660. The number of hydrogen-bond donors (Lipinski definition) is 0. The van der Waals surface area contributed by atoms with E-state index in [0.29, 0.717) is 0 Å². The van der Waals surface area contributed by atoms with Crippen molar-refractivity contribution in [3.63, 3.8) is 0 Å². The average molecular weight is 766 g/mol. The Morgan fingerprint density at radius 2 is 0.900 bits per heavy atom. The zero-order chi connectivity index (χ0) is 39.7. The second-order valence-electron chi connectivity index (χ2n) is 17.1. The zero-order valence-corrected chi connectivity index (χ0v) is 33.4. The van der Waals surface area contributed by atoms with Gasteiger partial charge in [-0.05, 0) is 103 Å². The van der Waals surface area contributed by atoms with Crippen LogP contribution in [0.4, 0.5) is 17.1 Å². The van der Waals surface area contributed by atoms with Crippen molar-refractivity contribution in [1.82, 2.24) is 0 Å². The van der Waals surface area contributed by atoms with E-state index in [-0.39, 0.29) is 5.41 Å². The first-order chi connectivity index (χ1) is 29.5. The van der Waals surface area contributed by atoms with Crippen molar-refractivity contribution in [2.24, 2.45) is 0 Å². The molecule has 0 fully saturated rings. The van der Waals surface area contributed by atoms with Crippen LogP contribution in [0.5, 0.6) is 0 Å². The van der Waals surface area contributed by atoms with Gasteiger partial charge in [0, 0.05) is 38.7 Å². The van der Waals surface area contributed by atoms with Crippen molar-refractivity contribution in [2.45, 2.75) is 24.7 Å². The summed E-state index contributed by atoms with van der Waals surface area (Å²) < 4.78 is 6.51. The molecule has 2 nitrogen and oxygen atoms in total. The van der Waals surface area contributed by atoms with E-state index in [1.54, 1.807) is 0 Å². The predicted molar refractivity (Wildman–Crippen MR) is 248 cm³/mol. The highest BCUT2D eigenvalue weighted by molar-refractivity contribution is 6.09. The van der Waals surface area contributed by atoms with Gasteiger partial charge in [-0.15, -0.1) is 0 Å². The Balaban J connectivity index is 1.05. The van der Waals surface area contributed by atoms with E-state index >= 15 is 0 Å². The standard InChI is InChI=1S/C58H39NO/c1-57(2)47-22-8-3-15-40(47)43-34-33-38(35-52(43)57)59(37-31-29-36(30-32-37)39-20-13-21-45-44-18-7-12-28-54(44)60-56(39)45)53-27-14-26-51-55(53)46-19-6-11-25-50(46)58(51)48-23-9-4-16-41(48)42-17-5-10-24-49(42)58/h3-35H,1-2H3. The van der Waals surface area contributed by atoms with E-state index < -0.39 is 5.41 Å². The molecule has 3 aliphatic rings. The molecule has 10 aromatic rings. The van der Waals surface area contributed by atoms with Gasteiger partial charge in [0.25, 0.3) is 0 Å². The van der Waals surface area contributed by atoms with E-state index in [9.17, 15) is 0 Å². The fraction of sp³-hybridized carbons (Fsp3) is 0.0690. The number of nitrogens with zero attached hydrogens (tertiary/aromatic N) is 1. The van der Waals surface area contributed by atoms with Crippen LogP contribution < -0.4 is 4.90 Å². The monoisotopic (exact) mass is 765 g/mol. The Bertz CT molecular complexity index is 3370. The van der Waals surface area contributed by atoms with Crippen molar-refractivity contribution in [1.29, 1.82) is 0 Å². The molecule has 0 N–H and O–H groups in total. The van der Waals surface area contributed by atoms with Crippen LogP contribution in [-0.4, -0.2) is 0 Å². The zero-order valence-electron chi connectivity index (χ0n) is 33.4. The Kier molecular flexibility index (Phi) is 6.74. The maximum absolute atomic E-state index is 6.51. The molecule has 1 heterocycles. The van der Waals surface area contributed by atoms with E-state index in [1.807, 2.05) is 6.07 Å². The quantitative estimate of drug-likeness (QED) is 0.177. The summed E-state index contributed by atoms with van der Waals surface area (Å²) in [5.74, 6) is 0. The Morgan fingerprint density at radius 3 is 1.63 bits per heavy atom. The predicted octanol–water partition coefficient (Wildman–Crippen LogP) is 15.4. The van der Waals surface area contributed by atoms with Crippen molar-refractivity contribution >= 4 is 39.0 Å². The largest absolute Gasteiger partial charge is 0.455 e. The number of benzene rings is 9. The summed E-state index contributed by atoms with van der Waals surface area (Å²) in [6.45, 7) is 4.74. The highest BCUT2D eigenvalue weighted by Crippen LogP contribution is 2.65. The number of anilines is 3. The molecular formula is C58H39NO. The lowest BCUT2D eigenvalue weighted by Crippen LogP contribution is -2.26. The van der Waals surface area contributed by atoms with Crippen LogP contribution >= 0.6 is 0 Å². The van der Waals surface area contributed by atoms with Crippen molar-refractivity contribution in [2.75, 3.05) is 4.90 Å². The third-order valence-corrected chi connectivity index (χ3v) is 13.9. The molecule has 0 bridgehead atoms. The van der Waals surface area contributed by atoms with Gasteiger partial charge >= 0.3 is 0 Å². The van der Waals surface area contributed by atoms with Gasteiger partial charge < -0.3 is 9.32 Å². The van der Waals surface area contributed by atoms with E-state index in [0.717, 1.165) is 44.4 Å². The van der Waals surface area contributed by atoms with E-state index in [2.05, 4.69) is 213 Å². The summed E-state index contributed by atoms with van der Waals surface area (Å²) in [4.78, 5) is 2.51. The molecule has 282 valence electrons. The molecule has 0 radical (unpaired) electrons. The summed E-state index contributed by atoms with van der Waals surface area (Å²) >= 11 is 0. The van der Waals surface area contributed by atoms with Gasteiger partial charge in [-0.25, -0.2) is 0 Å². The van der Waals surface area contributed by atoms with Gasteiger partial charge in [-0.3, -0.25) is 0 Å². The molecule has 1 spiro atoms. The van der Waals surface area contributed by atoms with Gasteiger partial charge in [0.1, 0.15) is 11.2 Å². The van der Waals surface area contributed by atoms with Crippen LogP contribution in [0.15, 0.2) is 205 Å². The molecule has 2 heteroatoms. The second-order valence-corrected chi connectivity index (χ2v) is 17.1. The number of furan rings is 1. The first-order valence-corrected chi connectivity index (χ1v) is 21.0. The van der Waals surface area contributed by atoms with E-state index in [1.165, 1.54) is 72.4 Å². The van der Waals surface area contributed by atoms with Crippen LogP contribution in [0.25, 0.3) is 66.4 Å². The molecule has 0 unspecified atom stereocenters. The van der Waals surface area contributed by atoms with Gasteiger partial charge in [-0.1, -0.05) is 178 Å². The summed E-state index contributed by atoms with van der Waals surface area (Å²) in [6, 6.07) is 74.2. The summed E-state index contributed by atoms with van der Waals surface area (Å²) in [5, 5.41) is 2.28. The average Bonchev–Trinajstić information content (AvgIpc) is 3.99. The van der Waals surface area contributed by atoms with Crippen LogP contribution in [0.1, 0.15) is 47.2 Å². The molecule has 0 saturated heterocycles. The van der Waals surface area contributed by atoms with Crippen LogP contribution in [-0.2, 0) is 10.8 Å². The van der Waals surface area contributed by atoms with Crippen molar-refractivity contribution in [3.05, 3.63) is 234 Å². The topological polar surface area (TPSA) is 16.4 Å². The third-order valence-electron chi connectivity index (χ3n) is 13.9. The number of hydrogen-bond acceptors (Lipinski definition) is 2. The molecule has 13 rings (SSSR count). The summed E-state index contributed by atoms with van der Waals surface area (Å²) in [7, 11) is 0. The SMILES string of the molecule is CC1(C)c2ccccc2-c2ccc(N(c3ccc(-c4cccc5c4oc4ccccc45)cc3)c3cccc4c3-c3ccccc3C43c4ccccc4-c4ccccc43)cc21. The molecule has 0 saturated carbocycles. The fourth-order valence-corrected chi connectivity index (χ4v) is 11.3. The molecule has 0 atom stereocenters. The molecule has 9 aromatic carbocycles. The maximum Gasteiger partial charge on any atom is 0.143 e. The van der Waals surface area contributed by atoms with Gasteiger partial charge in [0.15, 0.2) is 0 Å². The molecule has 0 amide bonds. The molecule has 1 aromatic heterocycles. The Labute approximate surface area is 349 Å². The number of rotatable bonds is 4. The number of fused-ring (bicyclic) bond motifs is 16. The summed E-state index contributed by atoms with van der Waals surface area (Å²) in [6.07, 6.45) is 0. The summed E-state index contributed by atoms with van der Waals surface area (Å²) in [5.41, 5.74) is 22.8. The first-order valence-electron chi connectivity index (χ1n) is 21.0. The maximum atomic E-state index is 6.51. The van der Waals surface area contributed by atoms with Crippen molar-refractivity contribution < 1.29 is 4.42 Å². The van der Waals surface area contributed by atoms with Gasteiger partial charge in [0.2, 0.25) is 0 Å². The normalized spacial score (nSPS) is 14.4. The smallest absolute Gasteiger partial charge is 0.143 e. The van der Waals surface area contributed by atoms with Crippen LogP contribution in [0.3, 0.4) is 0 Å². The van der Waals surface area contributed by atoms with E-state index in [4.69, 9.17) is 4.42 Å². The van der Waals surface area contributed by atoms with Gasteiger partial charge in [-0.2, -0.15) is 0 Å². The molecular weight excluding hydrogens is 727 g/mol. The first kappa shape index (κ1) is 33.5. The minimum absolute atomic E-state index is 0.144. The van der Waals surface area contributed by atoms with Gasteiger partial charge in [0.05, 0.1) is 11.1 Å². The Hall–Kier alpha value is -7.42. The highest BCUT2D eigenvalue weighted by Gasteiger charge is 2.52. The lowest BCUT2D eigenvalue weighted by atomic mass is 9.70.